The molecule has 12 nitrogen and oxygen atoms in total. The van der Waals surface area contributed by atoms with Crippen molar-refractivity contribution in [3.05, 3.63) is 85.1 Å². The second-order valence-electron chi connectivity index (χ2n) is 21.3. The molecule has 1 saturated heterocycles. The Hall–Kier alpha value is -4.10. The number of aliphatic hydroxyl groups excluding tert-OH is 2. The number of allylic oxidation sites excluding steroid dienone is 14. The molecule has 0 spiro atoms. The maximum Gasteiger partial charge on any atom is 0.335 e. The fraction of sp³-hybridized carbons (Fsp3) is 0.731. The summed E-state index contributed by atoms with van der Waals surface area (Å²) in [4.78, 5) is 51.2. The van der Waals surface area contributed by atoms with Gasteiger partial charge >= 0.3 is 23.9 Å². The van der Waals surface area contributed by atoms with E-state index in [0.29, 0.717) is 25.7 Å². The van der Waals surface area contributed by atoms with E-state index in [1.165, 1.54) is 96.3 Å². The number of hydrogen-bond acceptors (Lipinski definition) is 11. The zero-order chi connectivity index (χ0) is 57.5. The molecule has 1 heterocycles. The molecule has 1 rings (SSSR count). The molecule has 6 unspecified atom stereocenters. The van der Waals surface area contributed by atoms with Crippen LogP contribution in [0.1, 0.15) is 265 Å². The van der Waals surface area contributed by atoms with Crippen molar-refractivity contribution in [3.8, 4) is 0 Å². The molecule has 0 aromatic carbocycles. The maximum absolute atomic E-state index is 13.2. The number of aliphatic carboxylic acids is 1. The molecule has 0 amide bonds. The van der Waals surface area contributed by atoms with Crippen LogP contribution in [-0.2, 0) is 42.9 Å². The third kappa shape index (κ3) is 44.3. The molecule has 0 bridgehead atoms. The first-order valence-electron chi connectivity index (χ1n) is 31.6. The number of aliphatic hydroxyl groups is 2. The summed E-state index contributed by atoms with van der Waals surface area (Å²) in [5.74, 6) is -3.21. The Kier molecular flexibility index (Phi) is 50.3. The highest BCUT2D eigenvalue weighted by atomic mass is 16.7. The molecule has 0 aromatic rings. The summed E-state index contributed by atoms with van der Waals surface area (Å²) in [6.45, 7) is 5.80. The molecule has 452 valence electrons. The summed E-state index contributed by atoms with van der Waals surface area (Å²) in [5.41, 5.74) is 0. The fourth-order valence-electron chi connectivity index (χ4n) is 9.15. The summed E-state index contributed by atoms with van der Waals surface area (Å²) in [6.07, 6.45) is 58.4. The van der Waals surface area contributed by atoms with Gasteiger partial charge in [-0.1, -0.05) is 247 Å². The molecule has 1 aliphatic rings. The quantitative estimate of drug-likeness (QED) is 0.0228. The summed E-state index contributed by atoms with van der Waals surface area (Å²) in [6, 6.07) is 0. The Morgan fingerprint density at radius 1 is 0.430 bits per heavy atom. The van der Waals surface area contributed by atoms with Gasteiger partial charge < -0.3 is 39.0 Å². The van der Waals surface area contributed by atoms with E-state index in [1.807, 2.05) is 12.2 Å². The minimum Gasteiger partial charge on any atom is -0.479 e. The zero-order valence-electron chi connectivity index (χ0n) is 49.8. The van der Waals surface area contributed by atoms with Crippen molar-refractivity contribution < 1.29 is 58.2 Å². The van der Waals surface area contributed by atoms with Crippen LogP contribution in [-0.4, -0.2) is 89.2 Å². The standard InChI is InChI=1S/C67H112O12/c1-4-7-10-13-16-19-22-25-27-29-30-32-33-36-38-41-44-47-50-53-59(68)75-56-58(77-60(69)54-51-48-45-42-39-35-24-21-18-15-12-9-6-3)57-76-67-65(63(72)62(71)64(79-67)66(73)74)78-61(70)55-52-49-46-43-40-37-34-31-28-26-23-20-17-14-11-8-5-2/h8,11-12,15,17,20-21,24,26,28,34,37,43,46,58,62-65,67,71-72H,4-7,9-10,13-14,16,18-19,22-23,25,27,29-33,35-36,38-42,44-45,47-57H2,1-3H3,(H,73,74)/b11-8-,15-12-,20-17-,24-21-,28-26-,37-34-,46-43-. The molecule has 1 aliphatic heterocycles. The van der Waals surface area contributed by atoms with E-state index in [1.54, 1.807) is 0 Å². The van der Waals surface area contributed by atoms with Gasteiger partial charge in [0.2, 0.25) is 0 Å². The van der Waals surface area contributed by atoms with Crippen LogP contribution < -0.4 is 0 Å². The van der Waals surface area contributed by atoms with E-state index < -0.39 is 67.3 Å². The minimum absolute atomic E-state index is 0.0214. The highest BCUT2D eigenvalue weighted by Crippen LogP contribution is 2.26. The first kappa shape index (κ1) is 72.9. The van der Waals surface area contributed by atoms with E-state index >= 15 is 0 Å². The van der Waals surface area contributed by atoms with E-state index in [0.717, 1.165) is 103 Å². The third-order valence-corrected chi connectivity index (χ3v) is 13.9. The Bertz CT molecular complexity index is 1700. The number of unbranched alkanes of at least 4 members (excludes halogenated alkanes) is 25. The van der Waals surface area contributed by atoms with Crippen molar-refractivity contribution >= 4 is 23.9 Å². The van der Waals surface area contributed by atoms with E-state index in [4.69, 9.17) is 23.7 Å². The normalized spacial score (nSPS) is 18.4. The van der Waals surface area contributed by atoms with Crippen molar-refractivity contribution in [1.29, 1.82) is 0 Å². The molecule has 6 atom stereocenters. The summed E-state index contributed by atoms with van der Waals surface area (Å²) >= 11 is 0. The number of hydrogen-bond donors (Lipinski definition) is 3. The van der Waals surface area contributed by atoms with Crippen molar-refractivity contribution in [2.24, 2.45) is 0 Å². The number of carbonyl (C=O) groups excluding carboxylic acids is 3. The highest BCUT2D eigenvalue weighted by Gasteiger charge is 2.50. The van der Waals surface area contributed by atoms with Gasteiger partial charge in [-0.2, -0.15) is 0 Å². The Labute approximate surface area is 480 Å². The Morgan fingerprint density at radius 2 is 0.835 bits per heavy atom. The number of carboxylic acid groups (broad SMARTS) is 1. The van der Waals surface area contributed by atoms with Crippen LogP contribution in [0.25, 0.3) is 0 Å². The van der Waals surface area contributed by atoms with Gasteiger partial charge in [-0.05, 0) is 83.5 Å². The molecule has 0 aliphatic carbocycles. The van der Waals surface area contributed by atoms with E-state index in [-0.39, 0.29) is 25.9 Å². The highest BCUT2D eigenvalue weighted by molar-refractivity contribution is 5.74. The Morgan fingerprint density at radius 3 is 1.30 bits per heavy atom. The molecule has 0 aromatic heterocycles. The van der Waals surface area contributed by atoms with Gasteiger partial charge in [0, 0.05) is 19.3 Å². The smallest absolute Gasteiger partial charge is 0.335 e. The maximum atomic E-state index is 13.2. The van der Waals surface area contributed by atoms with Crippen LogP contribution in [0.3, 0.4) is 0 Å². The lowest BCUT2D eigenvalue weighted by Crippen LogP contribution is -2.61. The molecule has 3 N–H and O–H groups in total. The predicted molar refractivity (Wildman–Crippen MR) is 321 cm³/mol. The summed E-state index contributed by atoms with van der Waals surface area (Å²) in [5, 5.41) is 31.5. The molecule has 12 heteroatoms. The van der Waals surface area contributed by atoms with Gasteiger partial charge in [-0.25, -0.2) is 4.79 Å². The average Bonchev–Trinajstić information content (AvgIpc) is 3.46. The van der Waals surface area contributed by atoms with Crippen molar-refractivity contribution in [2.75, 3.05) is 13.2 Å². The van der Waals surface area contributed by atoms with Crippen LogP contribution in [0.15, 0.2) is 85.1 Å². The van der Waals surface area contributed by atoms with Crippen LogP contribution in [0, 0.1) is 0 Å². The van der Waals surface area contributed by atoms with Gasteiger partial charge in [0.25, 0.3) is 0 Å². The number of ether oxygens (including phenoxy) is 5. The lowest BCUT2D eigenvalue weighted by atomic mass is 9.98. The molecular formula is C67H112O12. The van der Waals surface area contributed by atoms with Crippen LogP contribution >= 0.6 is 0 Å². The zero-order valence-corrected chi connectivity index (χ0v) is 49.8. The summed E-state index contributed by atoms with van der Waals surface area (Å²) in [7, 11) is 0. The van der Waals surface area contributed by atoms with Crippen molar-refractivity contribution in [2.45, 2.75) is 302 Å². The average molecular weight is 1110 g/mol. The predicted octanol–water partition coefficient (Wildman–Crippen LogP) is 16.7. The largest absolute Gasteiger partial charge is 0.479 e. The Balaban J connectivity index is 2.68. The van der Waals surface area contributed by atoms with Gasteiger partial charge in [0.05, 0.1) is 6.61 Å². The molecule has 0 radical (unpaired) electrons. The van der Waals surface area contributed by atoms with Gasteiger partial charge in [-0.15, -0.1) is 0 Å². The first-order valence-corrected chi connectivity index (χ1v) is 31.6. The summed E-state index contributed by atoms with van der Waals surface area (Å²) < 4.78 is 28.4. The molecule has 79 heavy (non-hydrogen) atoms. The lowest BCUT2D eigenvalue weighted by Gasteiger charge is -2.40. The SMILES string of the molecule is CC/C=C\C/C=C\C/C=C\C/C=C\C/C=C\CCCC(=O)OC1C(OCC(COC(=O)CCCCCCCCCCCCCCCCCCCCC)OC(=O)CCCCCCC/C=C\C/C=C\CCC)OC(C(=O)O)C(O)C1O. The van der Waals surface area contributed by atoms with Gasteiger partial charge in [0.1, 0.15) is 18.8 Å². The number of carbonyl (C=O) groups is 4. The van der Waals surface area contributed by atoms with E-state index in [2.05, 4.69) is 93.7 Å². The fourth-order valence-corrected chi connectivity index (χ4v) is 9.15. The van der Waals surface area contributed by atoms with E-state index in [9.17, 15) is 34.5 Å². The van der Waals surface area contributed by atoms with Crippen LogP contribution in [0.5, 0.6) is 0 Å². The number of rotatable bonds is 53. The van der Waals surface area contributed by atoms with Gasteiger partial charge in [0.15, 0.2) is 24.6 Å². The molecule has 1 fully saturated rings. The molecule has 0 saturated carbocycles. The van der Waals surface area contributed by atoms with Crippen LogP contribution in [0.4, 0.5) is 0 Å². The number of carboxylic acids is 1. The topological polar surface area (TPSA) is 175 Å². The third-order valence-electron chi connectivity index (χ3n) is 13.9. The number of esters is 3. The van der Waals surface area contributed by atoms with Crippen molar-refractivity contribution in [1.82, 2.24) is 0 Å². The second-order valence-corrected chi connectivity index (χ2v) is 21.3. The monoisotopic (exact) mass is 1110 g/mol. The second kappa shape index (κ2) is 54.5. The first-order chi connectivity index (χ1) is 38.6. The lowest BCUT2D eigenvalue weighted by molar-refractivity contribution is -0.301. The van der Waals surface area contributed by atoms with Gasteiger partial charge in [-0.3, -0.25) is 14.4 Å². The molecular weight excluding hydrogens is 997 g/mol. The van der Waals surface area contributed by atoms with Crippen LogP contribution in [0.2, 0.25) is 0 Å². The minimum atomic E-state index is -1.93. The van der Waals surface area contributed by atoms with Crippen molar-refractivity contribution in [3.63, 3.8) is 0 Å².